The first-order chi connectivity index (χ1) is 12.1. The Morgan fingerprint density at radius 3 is 2.46 bits per heavy atom. The summed E-state index contributed by atoms with van der Waals surface area (Å²) in [5, 5.41) is 11.0. The molecule has 0 aliphatic carbocycles. The minimum atomic E-state index is -4.51. The van der Waals surface area contributed by atoms with Crippen LogP contribution >= 0.6 is 11.6 Å². The lowest BCUT2D eigenvalue weighted by Gasteiger charge is -2.10. The summed E-state index contributed by atoms with van der Waals surface area (Å²) in [7, 11) is -3.46. The van der Waals surface area contributed by atoms with E-state index in [2.05, 4.69) is 15.5 Å². The van der Waals surface area contributed by atoms with Crippen LogP contribution < -0.4 is 0 Å². The molecule has 0 saturated carbocycles. The van der Waals surface area contributed by atoms with E-state index in [1.54, 1.807) is 0 Å². The van der Waals surface area contributed by atoms with Crippen molar-refractivity contribution in [2.75, 3.05) is 6.26 Å². The largest absolute Gasteiger partial charge is 0.416 e. The van der Waals surface area contributed by atoms with Crippen LogP contribution in [-0.4, -0.2) is 34.9 Å². The maximum Gasteiger partial charge on any atom is 0.416 e. The Labute approximate surface area is 151 Å². The third-order valence-electron chi connectivity index (χ3n) is 3.50. The second kappa shape index (κ2) is 6.36. The number of hydrogen-bond acceptors (Lipinski definition) is 5. The quantitative estimate of drug-likeness (QED) is 0.671. The van der Waals surface area contributed by atoms with E-state index in [9.17, 15) is 21.6 Å². The third kappa shape index (κ3) is 3.56. The van der Waals surface area contributed by atoms with Gasteiger partial charge in [-0.3, -0.25) is 0 Å². The topological polar surface area (TPSA) is 77.7 Å². The van der Waals surface area contributed by atoms with E-state index in [1.165, 1.54) is 30.3 Å². The number of alkyl halides is 3. The molecule has 0 atom stereocenters. The van der Waals surface area contributed by atoms with E-state index in [0.29, 0.717) is 0 Å². The summed E-state index contributed by atoms with van der Waals surface area (Å²) in [5.74, 6) is 0.0781. The summed E-state index contributed by atoms with van der Waals surface area (Å²) in [5.41, 5.74) is -0.487. The van der Waals surface area contributed by atoms with Crippen LogP contribution in [-0.2, 0) is 16.0 Å². The van der Waals surface area contributed by atoms with Crippen molar-refractivity contribution in [3.8, 4) is 17.1 Å². The molecule has 0 aliphatic rings. The molecule has 136 valence electrons. The Morgan fingerprint density at radius 1 is 1.12 bits per heavy atom. The fourth-order valence-corrected chi connectivity index (χ4v) is 3.23. The molecule has 11 heteroatoms. The first kappa shape index (κ1) is 18.3. The van der Waals surface area contributed by atoms with E-state index in [-0.39, 0.29) is 27.0 Å². The summed E-state index contributed by atoms with van der Waals surface area (Å²) in [6.45, 7) is 0. The van der Waals surface area contributed by atoms with Crippen LogP contribution in [0.3, 0.4) is 0 Å². The zero-order valence-corrected chi connectivity index (χ0v) is 14.6. The van der Waals surface area contributed by atoms with Crippen molar-refractivity contribution in [2.24, 2.45) is 0 Å². The van der Waals surface area contributed by atoms with Crippen molar-refractivity contribution in [3.05, 3.63) is 53.1 Å². The van der Waals surface area contributed by atoms with E-state index < -0.39 is 21.6 Å². The molecule has 26 heavy (non-hydrogen) atoms. The molecule has 2 aromatic carbocycles. The Balaban J connectivity index is 2.11. The van der Waals surface area contributed by atoms with Gasteiger partial charge in [0.2, 0.25) is 0 Å². The molecule has 1 heterocycles. The maximum absolute atomic E-state index is 12.9. The van der Waals surface area contributed by atoms with Crippen molar-refractivity contribution in [1.82, 2.24) is 20.2 Å². The van der Waals surface area contributed by atoms with Gasteiger partial charge >= 0.3 is 6.18 Å². The highest BCUT2D eigenvalue weighted by molar-refractivity contribution is 7.90. The minimum Gasteiger partial charge on any atom is -0.224 e. The zero-order chi connectivity index (χ0) is 19.1. The van der Waals surface area contributed by atoms with Gasteiger partial charge in [-0.15, -0.1) is 5.10 Å². The lowest BCUT2D eigenvalue weighted by atomic mass is 10.1. The zero-order valence-electron chi connectivity index (χ0n) is 13.1. The van der Waals surface area contributed by atoms with Crippen LogP contribution in [0.5, 0.6) is 0 Å². The molecule has 0 spiro atoms. The predicted octanol–water partition coefficient (Wildman–Crippen LogP) is 3.41. The van der Waals surface area contributed by atoms with Gasteiger partial charge < -0.3 is 0 Å². The van der Waals surface area contributed by atoms with Gasteiger partial charge in [-0.05, 0) is 46.8 Å². The van der Waals surface area contributed by atoms with Crippen molar-refractivity contribution >= 4 is 21.4 Å². The van der Waals surface area contributed by atoms with Crippen LogP contribution in [0.15, 0.2) is 47.4 Å². The maximum atomic E-state index is 12.9. The highest BCUT2D eigenvalue weighted by atomic mass is 35.5. The monoisotopic (exact) mass is 402 g/mol. The Bertz CT molecular complexity index is 1080. The summed E-state index contributed by atoms with van der Waals surface area (Å²) >= 11 is 6.14. The number of rotatable bonds is 3. The van der Waals surface area contributed by atoms with Crippen molar-refractivity contribution < 1.29 is 21.6 Å². The molecule has 0 radical (unpaired) electrons. The predicted molar refractivity (Wildman–Crippen MR) is 87.7 cm³/mol. The molecule has 6 nitrogen and oxygen atoms in total. The fourth-order valence-electron chi connectivity index (χ4n) is 2.25. The number of sulfone groups is 1. The first-order valence-corrected chi connectivity index (χ1v) is 9.30. The van der Waals surface area contributed by atoms with Gasteiger partial charge in [0.15, 0.2) is 15.7 Å². The number of halogens is 4. The number of benzene rings is 2. The van der Waals surface area contributed by atoms with Crippen LogP contribution in [0.1, 0.15) is 5.56 Å². The molecular weight excluding hydrogens is 393 g/mol. The fraction of sp³-hybridized carbons (Fsp3) is 0.133. The molecule has 0 bridgehead atoms. The van der Waals surface area contributed by atoms with Gasteiger partial charge in [0.05, 0.1) is 21.2 Å². The molecule has 0 N–H and O–H groups in total. The van der Waals surface area contributed by atoms with Gasteiger partial charge in [0, 0.05) is 11.8 Å². The lowest BCUT2D eigenvalue weighted by Crippen LogP contribution is -2.07. The van der Waals surface area contributed by atoms with Crippen molar-refractivity contribution in [1.29, 1.82) is 0 Å². The van der Waals surface area contributed by atoms with Crippen molar-refractivity contribution in [3.63, 3.8) is 0 Å². The standard InChI is InChI=1S/C15H10ClF3N4O2S/c1-26(24,25)11-5-6-12(13(16)8-11)14-20-21-22-23(14)10-4-2-3-9(7-10)15(17,18)19/h2-8H,1H3. The van der Waals surface area contributed by atoms with Crippen molar-refractivity contribution in [2.45, 2.75) is 11.1 Å². The Kier molecular flexibility index (Phi) is 4.49. The Hall–Kier alpha value is -2.46. The van der Waals surface area contributed by atoms with Gasteiger partial charge in [-0.1, -0.05) is 17.7 Å². The number of nitrogens with zero attached hydrogens (tertiary/aromatic N) is 4. The van der Waals surface area contributed by atoms with Crippen LogP contribution in [0.4, 0.5) is 13.2 Å². The second-order valence-electron chi connectivity index (χ2n) is 5.38. The molecule has 0 aliphatic heterocycles. The second-order valence-corrected chi connectivity index (χ2v) is 7.80. The van der Waals surface area contributed by atoms with Gasteiger partial charge in [-0.25, -0.2) is 8.42 Å². The average molecular weight is 403 g/mol. The number of tetrazole rings is 1. The van der Waals surface area contributed by atoms with E-state index in [1.807, 2.05) is 0 Å². The van der Waals surface area contributed by atoms with Gasteiger partial charge in [-0.2, -0.15) is 17.9 Å². The van der Waals surface area contributed by atoms with Gasteiger partial charge in [0.25, 0.3) is 0 Å². The molecular formula is C15H10ClF3N4O2S. The van der Waals surface area contributed by atoms with Crippen LogP contribution in [0, 0.1) is 0 Å². The van der Waals surface area contributed by atoms with Crippen LogP contribution in [0.25, 0.3) is 17.1 Å². The first-order valence-electron chi connectivity index (χ1n) is 7.03. The highest BCUT2D eigenvalue weighted by Gasteiger charge is 2.31. The number of aromatic nitrogens is 4. The summed E-state index contributed by atoms with van der Waals surface area (Å²) in [6, 6.07) is 8.43. The summed E-state index contributed by atoms with van der Waals surface area (Å²) in [4.78, 5) is 0.00402. The number of hydrogen-bond donors (Lipinski definition) is 0. The van der Waals surface area contributed by atoms with E-state index in [4.69, 9.17) is 11.6 Å². The normalized spacial score (nSPS) is 12.3. The SMILES string of the molecule is CS(=O)(=O)c1ccc(-c2nnnn2-c2cccc(C(F)(F)F)c2)c(Cl)c1. The lowest BCUT2D eigenvalue weighted by molar-refractivity contribution is -0.137. The molecule has 3 aromatic rings. The smallest absolute Gasteiger partial charge is 0.224 e. The molecule has 0 fully saturated rings. The highest BCUT2D eigenvalue weighted by Crippen LogP contribution is 2.32. The molecule has 1 aromatic heterocycles. The average Bonchev–Trinajstić information content (AvgIpc) is 3.02. The minimum absolute atomic E-state index is 0.00402. The van der Waals surface area contributed by atoms with Crippen LogP contribution in [0.2, 0.25) is 5.02 Å². The van der Waals surface area contributed by atoms with E-state index in [0.717, 1.165) is 23.1 Å². The molecule has 0 amide bonds. The molecule has 0 saturated heterocycles. The van der Waals surface area contributed by atoms with Gasteiger partial charge in [0.1, 0.15) is 0 Å². The molecule has 0 unspecified atom stereocenters. The summed E-state index contributed by atoms with van der Waals surface area (Å²) in [6.07, 6.45) is -3.48. The summed E-state index contributed by atoms with van der Waals surface area (Å²) < 4.78 is 63.0. The van der Waals surface area contributed by atoms with E-state index >= 15 is 0 Å². The molecule has 3 rings (SSSR count). The third-order valence-corrected chi connectivity index (χ3v) is 4.92. The Morgan fingerprint density at radius 2 is 1.85 bits per heavy atom.